The van der Waals surface area contributed by atoms with Gasteiger partial charge < -0.3 is 4.90 Å². The van der Waals surface area contributed by atoms with Crippen molar-refractivity contribution in [3.05, 3.63) is 35.0 Å². The number of carbonyl (C=O) groups is 2. The van der Waals surface area contributed by atoms with E-state index in [1.165, 1.54) is 12.8 Å². The number of carbonyl (C=O) groups excluding carboxylic acids is 2. The van der Waals surface area contributed by atoms with Crippen LogP contribution in [0.5, 0.6) is 0 Å². The minimum absolute atomic E-state index is 0.330. The van der Waals surface area contributed by atoms with E-state index in [9.17, 15) is 9.59 Å². The van der Waals surface area contributed by atoms with E-state index >= 15 is 0 Å². The number of amides is 2. The Morgan fingerprint density at radius 3 is 2.74 bits per heavy atom. The zero-order chi connectivity index (χ0) is 15.8. The Morgan fingerprint density at radius 1 is 1.17 bits per heavy atom. The Kier molecular flexibility index (Phi) is 3.49. The summed E-state index contributed by atoms with van der Waals surface area (Å²) in [6.45, 7) is 2.01. The largest absolute Gasteiger partial charge is 0.356 e. The molecular formula is C16H14N4O2S. The second-order valence-corrected chi connectivity index (χ2v) is 6.53. The lowest BCUT2D eigenvalue weighted by molar-refractivity contribution is -0.115. The molecule has 7 heteroatoms. The maximum absolute atomic E-state index is 11.7. The second kappa shape index (κ2) is 5.66. The number of nitrogens with zero attached hydrogens (tertiary/aromatic N) is 3. The van der Waals surface area contributed by atoms with Crippen LogP contribution < -0.4 is 10.2 Å². The lowest BCUT2D eigenvalue weighted by Crippen LogP contribution is -2.19. The highest BCUT2D eigenvalue weighted by atomic mass is 32.2. The van der Waals surface area contributed by atoms with Gasteiger partial charge in [0.25, 0.3) is 11.1 Å². The number of thioether (sulfide) groups is 1. The molecular weight excluding hydrogens is 312 g/mol. The number of rotatable bonds is 2. The van der Waals surface area contributed by atoms with Gasteiger partial charge in [0, 0.05) is 18.5 Å². The fourth-order valence-corrected chi connectivity index (χ4v) is 3.59. The molecule has 2 amide bonds. The Labute approximate surface area is 137 Å². The van der Waals surface area contributed by atoms with Crippen LogP contribution in [0.4, 0.5) is 10.6 Å². The third-order valence-electron chi connectivity index (χ3n) is 3.98. The summed E-state index contributed by atoms with van der Waals surface area (Å²) in [5.74, 6) is 0.594. The van der Waals surface area contributed by atoms with Crippen molar-refractivity contribution in [2.75, 3.05) is 18.0 Å². The van der Waals surface area contributed by atoms with E-state index in [2.05, 4.69) is 20.2 Å². The van der Waals surface area contributed by atoms with Gasteiger partial charge in [-0.3, -0.25) is 14.9 Å². The summed E-state index contributed by atoms with van der Waals surface area (Å²) >= 11 is 0.923. The third-order valence-corrected chi connectivity index (χ3v) is 4.79. The van der Waals surface area contributed by atoms with Gasteiger partial charge in [0.1, 0.15) is 12.1 Å². The van der Waals surface area contributed by atoms with Crippen molar-refractivity contribution in [3.8, 4) is 0 Å². The highest BCUT2D eigenvalue weighted by Crippen LogP contribution is 2.29. The SMILES string of the molecule is O=C1NC(=O)C(=Cc2ccc3ncnc(N4CCCC4)c3c2)S1. The molecule has 1 N–H and O–H groups in total. The summed E-state index contributed by atoms with van der Waals surface area (Å²) in [6, 6.07) is 5.79. The van der Waals surface area contributed by atoms with Crippen molar-refractivity contribution in [1.29, 1.82) is 0 Å². The van der Waals surface area contributed by atoms with Crippen LogP contribution in [0.15, 0.2) is 29.4 Å². The Hall–Kier alpha value is -2.41. The molecule has 2 aromatic rings. The Bertz CT molecular complexity index is 843. The quantitative estimate of drug-likeness (QED) is 0.855. The van der Waals surface area contributed by atoms with E-state index in [0.717, 1.165) is 47.1 Å². The first-order chi connectivity index (χ1) is 11.2. The van der Waals surface area contributed by atoms with Gasteiger partial charge in [-0.05, 0) is 48.4 Å². The highest BCUT2D eigenvalue weighted by Gasteiger charge is 2.25. The van der Waals surface area contributed by atoms with Gasteiger partial charge in [-0.25, -0.2) is 9.97 Å². The summed E-state index contributed by atoms with van der Waals surface area (Å²) in [5.41, 5.74) is 1.74. The van der Waals surface area contributed by atoms with Crippen molar-refractivity contribution < 1.29 is 9.59 Å². The van der Waals surface area contributed by atoms with E-state index in [-0.39, 0.29) is 11.1 Å². The Balaban J connectivity index is 1.77. The number of hydrogen-bond acceptors (Lipinski definition) is 6. The number of benzene rings is 1. The normalized spacial score (nSPS) is 19.8. The van der Waals surface area contributed by atoms with Crippen LogP contribution in [0.2, 0.25) is 0 Å². The number of nitrogens with one attached hydrogen (secondary N) is 1. The molecule has 116 valence electrons. The maximum atomic E-state index is 11.7. The minimum atomic E-state index is -0.343. The molecule has 6 nitrogen and oxygen atoms in total. The van der Waals surface area contributed by atoms with Gasteiger partial charge in [-0.1, -0.05) is 6.07 Å². The summed E-state index contributed by atoms with van der Waals surface area (Å²) in [5, 5.41) is 2.90. The van der Waals surface area contributed by atoms with Crippen LogP contribution in [0.1, 0.15) is 18.4 Å². The molecule has 0 radical (unpaired) electrons. The molecule has 2 aliphatic rings. The summed E-state index contributed by atoms with van der Waals surface area (Å²) in [6.07, 6.45) is 5.67. The molecule has 1 aromatic carbocycles. The molecule has 1 aromatic heterocycles. The summed E-state index contributed by atoms with van der Waals surface area (Å²) in [7, 11) is 0. The van der Waals surface area contributed by atoms with Crippen LogP contribution >= 0.6 is 11.8 Å². The van der Waals surface area contributed by atoms with Crippen molar-refractivity contribution in [1.82, 2.24) is 15.3 Å². The number of fused-ring (bicyclic) bond motifs is 1. The summed E-state index contributed by atoms with van der Waals surface area (Å²) in [4.78, 5) is 34.4. The van der Waals surface area contributed by atoms with Gasteiger partial charge in [-0.15, -0.1) is 0 Å². The van der Waals surface area contributed by atoms with Gasteiger partial charge in [0.15, 0.2) is 0 Å². The van der Waals surface area contributed by atoms with Crippen LogP contribution in [-0.2, 0) is 4.79 Å². The molecule has 0 spiro atoms. The van der Waals surface area contributed by atoms with Gasteiger partial charge in [0.05, 0.1) is 10.4 Å². The summed E-state index contributed by atoms with van der Waals surface area (Å²) < 4.78 is 0. The van der Waals surface area contributed by atoms with Gasteiger partial charge in [-0.2, -0.15) is 0 Å². The van der Waals surface area contributed by atoms with E-state index in [0.29, 0.717) is 4.91 Å². The molecule has 0 bridgehead atoms. The first kappa shape index (κ1) is 14.2. The molecule has 0 atom stereocenters. The van der Waals surface area contributed by atoms with Crippen molar-refractivity contribution in [3.63, 3.8) is 0 Å². The van der Waals surface area contributed by atoms with Crippen molar-refractivity contribution in [2.24, 2.45) is 0 Å². The number of imide groups is 1. The van der Waals surface area contributed by atoms with Gasteiger partial charge in [0.2, 0.25) is 0 Å². The average molecular weight is 326 g/mol. The fourth-order valence-electron chi connectivity index (χ4n) is 2.90. The average Bonchev–Trinajstić information content (AvgIpc) is 3.17. The minimum Gasteiger partial charge on any atom is -0.356 e. The first-order valence-electron chi connectivity index (χ1n) is 7.45. The lowest BCUT2D eigenvalue weighted by atomic mass is 10.1. The molecule has 2 aliphatic heterocycles. The predicted molar refractivity (Wildman–Crippen MR) is 90.1 cm³/mol. The Morgan fingerprint density at radius 2 is 2.00 bits per heavy atom. The standard InChI is InChI=1S/C16H14N4O2S/c21-15-13(23-16(22)19-15)8-10-3-4-12-11(7-10)14(18-9-17-12)20-5-1-2-6-20/h3-4,7-9H,1-2,5-6H2,(H,19,21,22). The topological polar surface area (TPSA) is 75.2 Å². The maximum Gasteiger partial charge on any atom is 0.290 e. The van der Waals surface area contributed by atoms with Gasteiger partial charge >= 0.3 is 0 Å². The molecule has 3 heterocycles. The second-order valence-electron chi connectivity index (χ2n) is 5.52. The van der Waals surface area contributed by atoms with Crippen LogP contribution in [-0.4, -0.2) is 34.2 Å². The predicted octanol–water partition coefficient (Wildman–Crippen LogP) is 2.55. The van der Waals surface area contributed by atoms with Crippen molar-refractivity contribution >= 4 is 45.7 Å². The van der Waals surface area contributed by atoms with E-state index < -0.39 is 0 Å². The van der Waals surface area contributed by atoms with E-state index in [1.807, 2.05) is 18.2 Å². The molecule has 0 saturated carbocycles. The smallest absolute Gasteiger partial charge is 0.290 e. The number of hydrogen-bond donors (Lipinski definition) is 1. The molecule has 23 heavy (non-hydrogen) atoms. The number of anilines is 1. The number of aromatic nitrogens is 2. The van der Waals surface area contributed by atoms with Crippen LogP contribution in [0.25, 0.3) is 17.0 Å². The highest BCUT2D eigenvalue weighted by molar-refractivity contribution is 8.18. The van der Waals surface area contributed by atoms with Crippen molar-refractivity contribution in [2.45, 2.75) is 12.8 Å². The van der Waals surface area contributed by atoms with E-state index in [4.69, 9.17) is 0 Å². The monoisotopic (exact) mass is 326 g/mol. The molecule has 4 rings (SSSR count). The molecule has 2 saturated heterocycles. The lowest BCUT2D eigenvalue weighted by Gasteiger charge is -2.18. The zero-order valence-electron chi connectivity index (χ0n) is 12.3. The van der Waals surface area contributed by atoms with E-state index in [1.54, 1.807) is 12.4 Å². The third kappa shape index (κ3) is 2.68. The van der Waals surface area contributed by atoms with Crippen LogP contribution in [0.3, 0.4) is 0 Å². The van der Waals surface area contributed by atoms with Crippen LogP contribution in [0, 0.1) is 0 Å². The molecule has 0 unspecified atom stereocenters. The zero-order valence-corrected chi connectivity index (χ0v) is 13.1. The fraction of sp³-hybridized carbons (Fsp3) is 0.250. The molecule has 2 fully saturated rings. The first-order valence-corrected chi connectivity index (χ1v) is 8.27. The molecule has 0 aliphatic carbocycles.